The Hall–Kier alpha value is 0.161. The summed E-state index contributed by atoms with van der Waals surface area (Å²) >= 11 is 0. The van der Waals surface area contributed by atoms with Gasteiger partial charge in [-0.25, -0.2) is 0 Å². The van der Waals surface area contributed by atoms with Gasteiger partial charge >= 0.3 is 57.4 Å². The number of carbonyl (C=O) groups is 2. The van der Waals surface area contributed by atoms with Gasteiger partial charge < -0.3 is 13.1 Å². The molecule has 5 heteroatoms. The van der Waals surface area contributed by atoms with Crippen LogP contribution in [0, 0.1) is 11.8 Å². The average molecular weight is 260 g/mol. The molecule has 1 aliphatic rings. The predicted octanol–water partition coefficient (Wildman–Crippen LogP) is 0.582. The summed E-state index contributed by atoms with van der Waals surface area (Å²) in [6, 6.07) is 0. The van der Waals surface area contributed by atoms with E-state index in [0.29, 0.717) is 12.8 Å². The van der Waals surface area contributed by atoms with Crippen molar-refractivity contribution in [3.8, 4) is 0 Å². The molecule has 0 spiro atoms. The van der Waals surface area contributed by atoms with Gasteiger partial charge in [-0.05, 0) is 12.8 Å². The molecule has 70 valence electrons. The fourth-order valence-electron chi connectivity index (χ4n) is 1.36. The van der Waals surface area contributed by atoms with E-state index < -0.39 is 23.8 Å². The van der Waals surface area contributed by atoms with Crippen LogP contribution in [0.3, 0.4) is 0 Å². The van der Waals surface area contributed by atoms with Gasteiger partial charge in [0.15, 0.2) is 0 Å². The predicted molar refractivity (Wildman–Crippen MR) is 48.6 cm³/mol. The van der Waals surface area contributed by atoms with Crippen molar-refractivity contribution >= 4 is 57.4 Å². The summed E-state index contributed by atoms with van der Waals surface area (Å²) in [5.74, 6) is -3.69. The van der Waals surface area contributed by atoms with E-state index in [4.69, 9.17) is 10.2 Å². The van der Waals surface area contributed by atoms with E-state index >= 15 is 0 Å². The van der Waals surface area contributed by atoms with Crippen LogP contribution < -0.4 is 0 Å². The number of aliphatic carboxylic acids is 2. The molecule has 2 unspecified atom stereocenters. The molecule has 13 heavy (non-hydrogen) atoms. The van der Waals surface area contributed by atoms with E-state index in [1.54, 1.807) is 6.08 Å². The molecular weight excluding hydrogens is 248 g/mol. The van der Waals surface area contributed by atoms with Crippen molar-refractivity contribution in [2.75, 3.05) is 0 Å². The second-order valence-corrected chi connectivity index (χ2v) is 2.81. The Labute approximate surface area is 116 Å². The van der Waals surface area contributed by atoms with E-state index in [9.17, 15) is 9.59 Å². The maximum absolute atomic E-state index is 10.6. The number of carboxylic acid groups (broad SMARTS) is 2. The number of allylic oxidation sites excluding steroid dienone is 1. The van der Waals surface area contributed by atoms with Crippen molar-refractivity contribution < 1.29 is 22.7 Å². The van der Waals surface area contributed by atoms with Gasteiger partial charge in [0.1, 0.15) is 0 Å². The first-order valence-corrected chi connectivity index (χ1v) is 3.75. The van der Waals surface area contributed by atoms with E-state index in [2.05, 4.69) is 0 Å². The fraction of sp³-hybridized carbons (Fsp3) is 0.500. The normalized spacial score (nSPS) is 26.2. The molecule has 0 heterocycles. The number of rotatable bonds is 2. The molecule has 4 nitrogen and oxygen atoms in total. The molecule has 1 rings (SSSR count). The minimum absolute atomic E-state index is 0. The van der Waals surface area contributed by atoms with Crippen molar-refractivity contribution in [2.24, 2.45) is 11.8 Å². The summed E-state index contributed by atoms with van der Waals surface area (Å²) in [6.07, 6.45) is 4.26. The van der Waals surface area contributed by atoms with E-state index in [-0.39, 0.29) is 48.3 Å². The van der Waals surface area contributed by atoms with Crippen LogP contribution in [-0.2, 0) is 9.59 Å². The van der Waals surface area contributed by atoms with Gasteiger partial charge in [-0.1, -0.05) is 12.2 Å². The molecule has 0 bridgehead atoms. The molecule has 0 amide bonds. The van der Waals surface area contributed by atoms with E-state index in [1.807, 2.05) is 0 Å². The Bertz CT molecular complexity index is 245. The Morgan fingerprint density at radius 2 is 1.92 bits per heavy atom. The van der Waals surface area contributed by atoms with Crippen LogP contribution in [0.15, 0.2) is 12.2 Å². The maximum Gasteiger partial charge on any atom is 2.00 e. The van der Waals surface area contributed by atoms with Gasteiger partial charge in [0.25, 0.3) is 0 Å². The van der Waals surface area contributed by atoms with Crippen LogP contribution >= 0.6 is 0 Å². The first kappa shape index (κ1) is 13.2. The van der Waals surface area contributed by atoms with Crippen molar-refractivity contribution in [1.29, 1.82) is 0 Å². The van der Waals surface area contributed by atoms with Gasteiger partial charge in [0.2, 0.25) is 0 Å². The summed E-state index contributed by atoms with van der Waals surface area (Å²) in [7, 11) is 0. The number of hydrogen-bond acceptors (Lipinski definition) is 2. The second-order valence-electron chi connectivity index (χ2n) is 2.81. The summed E-state index contributed by atoms with van der Waals surface area (Å²) in [5.41, 5.74) is 0. The summed E-state index contributed by atoms with van der Waals surface area (Å²) in [4.78, 5) is 21.1. The third-order valence-corrected chi connectivity index (χ3v) is 2.02. The van der Waals surface area contributed by atoms with E-state index in [1.165, 1.54) is 6.08 Å². The standard InChI is InChI=1S/C8H10O4.Sr.2H/c9-7(10)5-3-1-2-4-6(5)8(11)12;;;/h1,3,5-6H,2,4H2,(H,9,10)(H,11,12);;;/q;+2;2*-1. The molecule has 2 atom stereocenters. The average Bonchev–Trinajstić information content (AvgIpc) is 2.04. The molecule has 0 aromatic carbocycles. The monoisotopic (exact) mass is 260 g/mol. The summed E-state index contributed by atoms with van der Waals surface area (Å²) in [5, 5.41) is 17.3. The van der Waals surface area contributed by atoms with Gasteiger partial charge in [0.05, 0.1) is 11.8 Å². The Morgan fingerprint density at radius 3 is 2.31 bits per heavy atom. The topological polar surface area (TPSA) is 74.6 Å². The van der Waals surface area contributed by atoms with Gasteiger partial charge in [0, 0.05) is 0 Å². The van der Waals surface area contributed by atoms with Crippen LogP contribution in [0.1, 0.15) is 15.7 Å². The smallest absolute Gasteiger partial charge is 1.00 e. The first-order valence-electron chi connectivity index (χ1n) is 3.75. The second kappa shape index (κ2) is 5.80. The van der Waals surface area contributed by atoms with Crippen molar-refractivity contribution in [3.05, 3.63) is 12.2 Å². The van der Waals surface area contributed by atoms with Crippen molar-refractivity contribution in [2.45, 2.75) is 12.8 Å². The maximum atomic E-state index is 10.6. The molecular formula is C8H12O4Sr. The Morgan fingerprint density at radius 1 is 1.31 bits per heavy atom. The third kappa shape index (κ3) is 3.42. The Kier molecular flexibility index (Phi) is 5.87. The molecule has 0 saturated heterocycles. The first-order chi connectivity index (χ1) is 5.63. The number of carboxylic acids is 2. The molecule has 0 aliphatic heterocycles. The van der Waals surface area contributed by atoms with Crippen LogP contribution in [0.5, 0.6) is 0 Å². The van der Waals surface area contributed by atoms with Gasteiger partial charge in [-0.3, -0.25) is 9.59 Å². The Balaban J connectivity index is -0.000000480. The molecule has 2 N–H and O–H groups in total. The van der Waals surface area contributed by atoms with Crippen molar-refractivity contribution in [3.63, 3.8) is 0 Å². The molecule has 0 radical (unpaired) electrons. The third-order valence-electron chi connectivity index (χ3n) is 2.02. The van der Waals surface area contributed by atoms with Crippen LogP contribution in [0.2, 0.25) is 0 Å². The summed E-state index contributed by atoms with van der Waals surface area (Å²) < 4.78 is 0. The van der Waals surface area contributed by atoms with E-state index in [0.717, 1.165) is 0 Å². The largest absolute Gasteiger partial charge is 2.00 e. The fourth-order valence-corrected chi connectivity index (χ4v) is 1.36. The van der Waals surface area contributed by atoms with Crippen molar-refractivity contribution in [1.82, 2.24) is 0 Å². The zero-order valence-corrected chi connectivity index (χ0v) is 10.6. The molecule has 0 aromatic rings. The van der Waals surface area contributed by atoms with Crippen LogP contribution in [-0.4, -0.2) is 67.6 Å². The van der Waals surface area contributed by atoms with Crippen LogP contribution in [0.4, 0.5) is 0 Å². The molecule has 0 fully saturated rings. The SMILES string of the molecule is O=C(O)C1C=CCCC1C(=O)O.[H-].[H-].[Sr+2]. The summed E-state index contributed by atoms with van der Waals surface area (Å²) in [6.45, 7) is 0. The van der Waals surface area contributed by atoms with Crippen LogP contribution in [0.25, 0.3) is 0 Å². The quantitative estimate of drug-likeness (QED) is 0.562. The minimum Gasteiger partial charge on any atom is -1.00 e. The zero-order chi connectivity index (χ0) is 9.14. The molecule has 0 aromatic heterocycles. The van der Waals surface area contributed by atoms with Gasteiger partial charge in [-0.15, -0.1) is 0 Å². The molecule has 1 aliphatic carbocycles. The number of hydrogen-bond donors (Lipinski definition) is 2. The van der Waals surface area contributed by atoms with Gasteiger partial charge in [-0.2, -0.15) is 0 Å². The molecule has 0 saturated carbocycles. The minimum atomic E-state index is -1.06. The zero-order valence-electron chi connectivity index (χ0n) is 9.14.